The zero-order chi connectivity index (χ0) is 13.1. The molecule has 0 aliphatic carbocycles. The van der Waals surface area contributed by atoms with Crippen LogP contribution in [0.1, 0.15) is 0 Å². The van der Waals surface area contributed by atoms with Crippen LogP contribution < -0.4 is 4.74 Å². The van der Waals surface area contributed by atoms with Gasteiger partial charge in [0.05, 0.1) is 0 Å². The Bertz CT molecular complexity index is 640. The van der Waals surface area contributed by atoms with Crippen LogP contribution in [0.3, 0.4) is 0 Å². The van der Waals surface area contributed by atoms with Crippen molar-refractivity contribution in [3.8, 4) is 16.9 Å². The van der Waals surface area contributed by atoms with Gasteiger partial charge in [-0.15, -0.1) is 0 Å². The molecule has 3 heteroatoms. The van der Waals surface area contributed by atoms with Gasteiger partial charge in [-0.2, -0.15) is 0 Å². The molecule has 0 radical (unpaired) electrons. The molecular weight excluding hydrogens is 241 g/mol. The lowest BCUT2D eigenvalue weighted by Crippen LogP contribution is -1.97. The molecule has 0 spiro atoms. The van der Waals surface area contributed by atoms with Gasteiger partial charge in [0.1, 0.15) is 19.0 Å². The van der Waals surface area contributed by atoms with E-state index in [9.17, 15) is 4.39 Å². The summed E-state index contributed by atoms with van der Waals surface area (Å²) in [5.41, 5.74) is 3.44. The van der Waals surface area contributed by atoms with E-state index in [0.717, 1.165) is 16.6 Å². The summed E-state index contributed by atoms with van der Waals surface area (Å²) in [5, 5.41) is 0. The molecule has 19 heavy (non-hydrogen) atoms. The molecule has 2 nitrogen and oxygen atoms in total. The molecule has 0 atom stereocenters. The van der Waals surface area contributed by atoms with Crippen molar-refractivity contribution < 1.29 is 9.13 Å². The Morgan fingerprint density at radius 2 is 1.84 bits per heavy atom. The number of ether oxygens (including phenoxy) is 1. The number of benzene rings is 1. The predicted molar refractivity (Wildman–Crippen MR) is 74.3 cm³/mol. The van der Waals surface area contributed by atoms with Crippen molar-refractivity contribution in [2.24, 2.45) is 0 Å². The molecule has 1 aromatic carbocycles. The van der Waals surface area contributed by atoms with Gasteiger partial charge in [0.2, 0.25) is 0 Å². The summed E-state index contributed by atoms with van der Waals surface area (Å²) in [6.07, 6.45) is 4.12. The monoisotopic (exact) mass is 255 g/mol. The molecule has 3 aromatic rings. The minimum atomic E-state index is -0.466. The number of hydrogen-bond acceptors (Lipinski definition) is 1. The first-order valence-corrected chi connectivity index (χ1v) is 6.23. The van der Waals surface area contributed by atoms with Gasteiger partial charge in [0.15, 0.2) is 0 Å². The zero-order valence-corrected chi connectivity index (χ0v) is 10.4. The molecule has 0 amide bonds. The lowest BCUT2D eigenvalue weighted by atomic mass is 10.1. The van der Waals surface area contributed by atoms with Gasteiger partial charge in [-0.1, -0.05) is 18.2 Å². The van der Waals surface area contributed by atoms with E-state index in [1.54, 1.807) is 0 Å². The van der Waals surface area contributed by atoms with E-state index in [2.05, 4.69) is 22.7 Å². The lowest BCUT2D eigenvalue weighted by molar-refractivity contribution is 0.273. The Morgan fingerprint density at radius 1 is 1.00 bits per heavy atom. The summed E-state index contributed by atoms with van der Waals surface area (Å²) in [7, 11) is 0. The maximum atomic E-state index is 12.0. The smallest absolute Gasteiger partial charge is 0.123 e. The van der Waals surface area contributed by atoms with Gasteiger partial charge >= 0.3 is 0 Å². The van der Waals surface area contributed by atoms with E-state index in [1.165, 1.54) is 0 Å². The Morgan fingerprint density at radius 3 is 2.58 bits per heavy atom. The minimum Gasteiger partial charge on any atom is -0.491 e. The highest BCUT2D eigenvalue weighted by atomic mass is 19.1. The van der Waals surface area contributed by atoms with E-state index < -0.39 is 6.67 Å². The van der Waals surface area contributed by atoms with Crippen molar-refractivity contribution in [1.82, 2.24) is 4.40 Å². The third kappa shape index (κ3) is 2.45. The second kappa shape index (κ2) is 5.14. The second-order valence-electron chi connectivity index (χ2n) is 4.32. The van der Waals surface area contributed by atoms with Crippen LogP contribution in [0.15, 0.2) is 60.9 Å². The van der Waals surface area contributed by atoms with Crippen molar-refractivity contribution in [3.63, 3.8) is 0 Å². The molecule has 0 unspecified atom stereocenters. The molecule has 0 saturated carbocycles. The zero-order valence-electron chi connectivity index (χ0n) is 10.4. The van der Waals surface area contributed by atoms with E-state index in [-0.39, 0.29) is 6.61 Å². The average molecular weight is 255 g/mol. The third-order valence-electron chi connectivity index (χ3n) is 3.04. The second-order valence-corrected chi connectivity index (χ2v) is 4.32. The van der Waals surface area contributed by atoms with Gasteiger partial charge < -0.3 is 9.14 Å². The highest BCUT2D eigenvalue weighted by molar-refractivity contribution is 5.70. The molecule has 3 rings (SSSR count). The van der Waals surface area contributed by atoms with Crippen molar-refractivity contribution >= 4 is 5.52 Å². The molecule has 0 bridgehead atoms. The van der Waals surface area contributed by atoms with Crippen LogP contribution in [0.25, 0.3) is 16.6 Å². The number of fused-ring (bicyclic) bond motifs is 1. The largest absolute Gasteiger partial charge is 0.491 e. The number of nitrogens with zero attached hydrogens (tertiary/aromatic N) is 1. The van der Waals surface area contributed by atoms with E-state index in [0.29, 0.717) is 5.75 Å². The lowest BCUT2D eigenvalue weighted by Gasteiger charge is -2.04. The highest BCUT2D eigenvalue weighted by Crippen LogP contribution is 2.24. The van der Waals surface area contributed by atoms with Gasteiger partial charge in [0, 0.05) is 23.5 Å². The predicted octanol–water partition coefficient (Wildman–Crippen LogP) is 3.95. The third-order valence-corrected chi connectivity index (χ3v) is 3.04. The number of aromatic nitrogens is 1. The fourth-order valence-electron chi connectivity index (χ4n) is 2.11. The maximum absolute atomic E-state index is 12.0. The van der Waals surface area contributed by atoms with E-state index >= 15 is 0 Å². The molecule has 0 saturated heterocycles. The molecule has 0 fully saturated rings. The first kappa shape index (κ1) is 11.8. The van der Waals surface area contributed by atoms with Crippen LogP contribution in [0.5, 0.6) is 5.75 Å². The summed E-state index contributed by atoms with van der Waals surface area (Å²) in [5.74, 6) is 0.699. The average Bonchev–Trinajstić information content (AvgIpc) is 2.89. The van der Waals surface area contributed by atoms with Crippen molar-refractivity contribution in [2.45, 2.75) is 0 Å². The van der Waals surface area contributed by atoms with Crippen molar-refractivity contribution in [1.29, 1.82) is 0 Å². The standard InChI is InChI=1S/C16H14FNO/c17-8-10-19-16-6-4-13(5-7-16)14-11-15-3-1-2-9-18(15)12-14/h1-7,9,11-12H,8,10H2. The SMILES string of the molecule is FCCOc1ccc(-c2cc3ccccn3c2)cc1. The minimum absolute atomic E-state index is 0.107. The van der Waals surface area contributed by atoms with E-state index in [4.69, 9.17) is 4.74 Å². The first-order chi connectivity index (χ1) is 9.36. The quantitative estimate of drug-likeness (QED) is 0.688. The number of rotatable bonds is 4. The van der Waals surface area contributed by atoms with Crippen molar-refractivity contribution in [3.05, 3.63) is 60.9 Å². The Hall–Kier alpha value is -2.29. The van der Waals surface area contributed by atoms with Crippen LogP contribution in [-0.4, -0.2) is 17.7 Å². The Balaban J connectivity index is 1.88. The number of alkyl halides is 1. The topological polar surface area (TPSA) is 13.6 Å². The molecular formula is C16H14FNO. The van der Waals surface area contributed by atoms with Crippen LogP contribution in [-0.2, 0) is 0 Å². The highest BCUT2D eigenvalue weighted by Gasteiger charge is 2.02. The number of halogens is 1. The van der Waals surface area contributed by atoms with Crippen molar-refractivity contribution in [2.75, 3.05) is 13.3 Å². The van der Waals surface area contributed by atoms with Gasteiger partial charge in [0.25, 0.3) is 0 Å². The number of hydrogen-bond donors (Lipinski definition) is 0. The molecule has 0 aliphatic rings. The summed E-state index contributed by atoms with van der Waals surface area (Å²) in [6.45, 7) is -0.359. The Kier molecular flexibility index (Phi) is 3.19. The molecule has 2 heterocycles. The van der Waals surface area contributed by atoms with Crippen LogP contribution in [0, 0.1) is 0 Å². The van der Waals surface area contributed by atoms with Crippen LogP contribution in [0.4, 0.5) is 4.39 Å². The Labute approximate surface area is 111 Å². The van der Waals surface area contributed by atoms with Crippen LogP contribution in [0.2, 0.25) is 0 Å². The van der Waals surface area contributed by atoms with Gasteiger partial charge in [-0.25, -0.2) is 4.39 Å². The normalized spacial score (nSPS) is 10.8. The summed E-state index contributed by atoms with van der Waals surface area (Å²) < 4.78 is 19.3. The first-order valence-electron chi connectivity index (χ1n) is 6.23. The van der Waals surface area contributed by atoms with Gasteiger partial charge in [-0.3, -0.25) is 0 Å². The maximum Gasteiger partial charge on any atom is 0.123 e. The summed E-state index contributed by atoms with van der Waals surface area (Å²) >= 11 is 0. The molecule has 96 valence electrons. The number of pyridine rings is 1. The fourth-order valence-corrected chi connectivity index (χ4v) is 2.11. The summed E-state index contributed by atoms with van der Waals surface area (Å²) in [4.78, 5) is 0. The van der Waals surface area contributed by atoms with Crippen LogP contribution >= 0.6 is 0 Å². The molecule has 0 N–H and O–H groups in total. The molecule has 2 aromatic heterocycles. The summed E-state index contributed by atoms with van der Waals surface area (Å²) in [6, 6.07) is 15.9. The van der Waals surface area contributed by atoms with E-state index in [1.807, 2.05) is 42.6 Å². The van der Waals surface area contributed by atoms with Gasteiger partial charge in [-0.05, 0) is 35.9 Å². The molecule has 0 aliphatic heterocycles. The fraction of sp³-hybridized carbons (Fsp3) is 0.125.